The van der Waals surface area contributed by atoms with E-state index in [2.05, 4.69) is 15.6 Å². The normalized spacial score (nSPS) is 10.2. The fourth-order valence-corrected chi connectivity index (χ4v) is 2.16. The van der Waals surface area contributed by atoms with Gasteiger partial charge in [0.05, 0.1) is 16.4 Å². The summed E-state index contributed by atoms with van der Waals surface area (Å²) in [5, 5.41) is 11.6. The highest BCUT2D eigenvalue weighted by Crippen LogP contribution is 2.21. The Labute approximate surface area is 140 Å². The Bertz CT molecular complexity index is 644. The van der Waals surface area contributed by atoms with Crippen molar-refractivity contribution in [3.05, 3.63) is 40.7 Å². The van der Waals surface area contributed by atoms with Crippen molar-refractivity contribution >= 4 is 29.9 Å². The number of carbonyl (C=O) groups is 1. The average Bonchev–Trinajstić information content (AvgIpc) is 2.86. The van der Waals surface area contributed by atoms with Gasteiger partial charge in [-0.3, -0.25) is 4.79 Å². The van der Waals surface area contributed by atoms with Crippen molar-refractivity contribution in [3.63, 3.8) is 0 Å². The zero-order valence-electron chi connectivity index (χ0n) is 12.7. The summed E-state index contributed by atoms with van der Waals surface area (Å²) in [6.07, 6.45) is 0. The highest BCUT2D eigenvalue weighted by molar-refractivity contribution is 6.32. The second-order valence-corrected chi connectivity index (χ2v) is 5.12. The van der Waals surface area contributed by atoms with Gasteiger partial charge in [0.25, 0.3) is 5.91 Å². The van der Waals surface area contributed by atoms with Gasteiger partial charge in [-0.2, -0.15) is 0 Å². The van der Waals surface area contributed by atoms with Crippen molar-refractivity contribution in [2.45, 2.75) is 6.92 Å². The molecule has 0 radical (unpaired) electrons. The third-order valence-electron chi connectivity index (χ3n) is 3.22. The highest BCUT2D eigenvalue weighted by Gasteiger charge is 2.21. The summed E-state index contributed by atoms with van der Waals surface area (Å²) >= 11 is 6.16. The number of aromatic nitrogens is 3. The van der Waals surface area contributed by atoms with Crippen LogP contribution in [0.15, 0.2) is 24.3 Å². The molecule has 2 aromatic rings. The van der Waals surface area contributed by atoms with Crippen LogP contribution in [0.3, 0.4) is 0 Å². The van der Waals surface area contributed by atoms with Gasteiger partial charge in [0.2, 0.25) is 0 Å². The number of hydrogen-bond acceptors (Lipinski definition) is 4. The predicted molar refractivity (Wildman–Crippen MR) is 89.2 cm³/mol. The molecule has 0 aliphatic heterocycles. The summed E-state index contributed by atoms with van der Waals surface area (Å²) in [5.41, 5.74) is 1.72. The second kappa shape index (κ2) is 8.12. The standard InChI is InChI=1S/C14H18ClN5O.ClH/c1-10-13(14(21)19(3)9-8-16-2)17-18-20(10)12-7-5-4-6-11(12)15;/h4-7,16H,8-9H2,1-3H3;1H. The number of rotatable bonds is 5. The van der Waals surface area contributed by atoms with E-state index in [1.54, 1.807) is 22.7 Å². The number of para-hydroxylation sites is 1. The Balaban J connectivity index is 0.00000242. The van der Waals surface area contributed by atoms with Gasteiger partial charge in [0.1, 0.15) is 0 Å². The van der Waals surface area contributed by atoms with Crippen LogP contribution in [0.4, 0.5) is 0 Å². The molecule has 1 N–H and O–H groups in total. The molecule has 0 saturated carbocycles. The molecule has 0 saturated heterocycles. The Morgan fingerprint density at radius 1 is 1.41 bits per heavy atom. The number of likely N-dealkylation sites (N-methyl/N-ethyl adjacent to an activating group) is 2. The van der Waals surface area contributed by atoms with Crippen molar-refractivity contribution in [1.29, 1.82) is 0 Å². The van der Waals surface area contributed by atoms with E-state index in [-0.39, 0.29) is 18.3 Å². The van der Waals surface area contributed by atoms with Crippen LogP contribution in [0.1, 0.15) is 16.2 Å². The minimum atomic E-state index is -0.152. The number of amides is 1. The molecular formula is C14H19Cl2N5O. The quantitative estimate of drug-likeness (QED) is 0.901. The minimum Gasteiger partial charge on any atom is -0.339 e. The van der Waals surface area contributed by atoms with E-state index in [9.17, 15) is 4.79 Å². The highest BCUT2D eigenvalue weighted by atomic mass is 35.5. The maximum Gasteiger partial charge on any atom is 0.276 e. The van der Waals surface area contributed by atoms with Gasteiger partial charge < -0.3 is 10.2 Å². The van der Waals surface area contributed by atoms with Crippen LogP contribution < -0.4 is 5.32 Å². The number of nitrogens with one attached hydrogen (secondary N) is 1. The van der Waals surface area contributed by atoms with Crippen molar-refractivity contribution in [2.24, 2.45) is 0 Å². The molecule has 0 aliphatic rings. The number of nitrogens with zero attached hydrogens (tertiary/aromatic N) is 4. The van der Waals surface area contributed by atoms with Gasteiger partial charge >= 0.3 is 0 Å². The number of hydrogen-bond donors (Lipinski definition) is 1. The number of benzene rings is 1. The molecule has 1 aromatic heterocycles. The molecule has 1 aromatic carbocycles. The average molecular weight is 344 g/mol. The Kier molecular flexibility index (Phi) is 6.80. The molecule has 0 unspecified atom stereocenters. The van der Waals surface area contributed by atoms with E-state index in [1.165, 1.54) is 0 Å². The van der Waals surface area contributed by atoms with Crippen molar-refractivity contribution in [3.8, 4) is 5.69 Å². The van der Waals surface area contributed by atoms with E-state index in [0.717, 1.165) is 6.54 Å². The molecule has 0 bridgehead atoms. The van der Waals surface area contributed by atoms with Crippen LogP contribution in [0.2, 0.25) is 5.02 Å². The fraction of sp³-hybridized carbons (Fsp3) is 0.357. The molecule has 6 nitrogen and oxygen atoms in total. The molecule has 1 heterocycles. The third-order valence-corrected chi connectivity index (χ3v) is 3.54. The first-order valence-corrected chi connectivity index (χ1v) is 7.01. The van der Waals surface area contributed by atoms with Crippen molar-refractivity contribution in [1.82, 2.24) is 25.2 Å². The van der Waals surface area contributed by atoms with Crippen LogP contribution >= 0.6 is 24.0 Å². The largest absolute Gasteiger partial charge is 0.339 e. The molecule has 22 heavy (non-hydrogen) atoms. The molecule has 120 valence electrons. The molecule has 0 spiro atoms. The van der Waals surface area contributed by atoms with Gasteiger partial charge in [-0.15, -0.1) is 17.5 Å². The van der Waals surface area contributed by atoms with Crippen molar-refractivity contribution in [2.75, 3.05) is 27.2 Å². The SMILES string of the molecule is CNCCN(C)C(=O)c1nnn(-c2ccccc2Cl)c1C.Cl. The first-order chi connectivity index (χ1) is 10.1. The maximum absolute atomic E-state index is 12.4. The molecular weight excluding hydrogens is 325 g/mol. The maximum atomic E-state index is 12.4. The summed E-state index contributed by atoms with van der Waals surface area (Å²) in [4.78, 5) is 14.0. The lowest BCUT2D eigenvalue weighted by molar-refractivity contribution is 0.0790. The summed E-state index contributed by atoms with van der Waals surface area (Å²) in [6.45, 7) is 3.14. The van der Waals surface area contributed by atoms with Gasteiger partial charge in [0, 0.05) is 20.1 Å². The fourth-order valence-electron chi connectivity index (χ4n) is 1.94. The van der Waals surface area contributed by atoms with Gasteiger partial charge in [-0.25, -0.2) is 4.68 Å². The topological polar surface area (TPSA) is 63.1 Å². The summed E-state index contributed by atoms with van der Waals surface area (Å²) in [6, 6.07) is 7.32. The zero-order valence-corrected chi connectivity index (χ0v) is 14.3. The molecule has 1 amide bonds. The predicted octanol–water partition coefficient (Wildman–Crippen LogP) is 1.94. The third kappa shape index (κ3) is 3.76. The van der Waals surface area contributed by atoms with E-state index in [4.69, 9.17) is 11.6 Å². The smallest absolute Gasteiger partial charge is 0.276 e. The summed E-state index contributed by atoms with van der Waals surface area (Å²) in [7, 11) is 3.59. The Hall–Kier alpha value is -1.63. The molecule has 0 aliphatic carbocycles. The number of carbonyl (C=O) groups excluding carboxylic acids is 1. The second-order valence-electron chi connectivity index (χ2n) is 4.72. The van der Waals surface area contributed by atoms with Crippen molar-refractivity contribution < 1.29 is 4.79 Å². The minimum absolute atomic E-state index is 0. The number of halogens is 2. The van der Waals surface area contributed by atoms with E-state index < -0.39 is 0 Å². The lowest BCUT2D eigenvalue weighted by Crippen LogP contribution is -2.33. The Morgan fingerprint density at radius 2 is 2.09 bits per heavy atom. The Morgan fingerprint density at radius 3 is 2.73 bits per heavy atom. The lowest BCUT2D eigenvalue weighted by Gasteiger charge is -2.15. The first kappa shape index (κ1) is 18.4. The van der Waals surface area contributed by atoms with Crippen LogP contribution in [0, 0.1) is 6.92 Å². The molecule has 0 fully saturated rings. The molecule has 0 atom stereocenters. The van der Waals surface area contributed by atoms with Gasteiger partial charge in [0.15, 0.2) is 5.69 Å². The zero-order chi connectivity index (χ0) is 15.4. The van der Waals surface area contributed by atoms with E-state index >= 15 is 0 Å². The van der Waals surface area contributed by atoms with E-state index in [1.807, 2.05) is 32.2 Å². The van der Waals surface area contributed by atoms with Crippen LogP contribution in [0.25, 0.3) is 5.69 Å². The van der Waals surface area contributed by atoms with Gasteiger partial charge in [-0.05, 0) is 26.1 Å². The van der Waals surface area contributed by atoms with Gasteiger partial charge in [-0.1, -0.05) is 28.9 Å². The molecule has 2 rings (SSSR count). The monoisotopic (exact) mass is 343 g/mol. The molecule has 8 heteroatoms. The first-order valence-electron chi connectivity index (χ1n) is 6.63. The van der Waals surface area contributed by atoms with Crippen LogP contribution in [-0.4, -0.2) is 53.0 Å². The van der Waals surface area contributed by atoms with E-state index in [0.29, 0.717) is 28.6 Å². The van der Waals surface area contributed by atoms with Crippen LogP contribution in [-0.2, 0) is 0 Å². The lowest BCUT2D eigenvalue weighted by atomic mass is 10.2. The summed E-state index contributed by atoms with van der Waals surface area (Å²) in [5.74, 6) is -0.152. The van der Waals surface area contributed by atoms with Crippen LogP contribution in [0.5, 0.6) is 0 Å². The summed E-state index contributed by atoms with van der Waals surface area (Å²) < 4.78 is 1.58.